The molecule has 0 amide bonds. The molecule has 1 saturated carbocycles. The minimum atomic E-state index is -3.35. The van der Waals surface area contributed by atoms with Crippen LogP contribution in [0.25, 0.3) is 0 Å². The fourth-order valence-electron chi connectivity index (χ4n) is 4.17. The molecule has 1 fully saturated rings. The minimum absolute atomic E-state index is 0.157. The van der Waals surface area contributed by atoms with Gasteiger partial charge in [-0.15, -0.1) is 11.3 Å². The lowest BCUT2D eigenvalue weighted by molar-refractivity contribution is 0.235. The maximum atomic E-state index is 12.3. The molecule has 2 aromatic heterocycles. The van der Waals surface area contributed by atoms with E-state index in [2.05, 4.69) is 30.8 Å². The van der Waals surface area contributed by atoms with Gasteiger partial charge in [-0.25, -0.2) is 18.4 Å². The molecule has 3 rings (SSSR count). The molecule has 1 unspecified atom stereocenters. The molecular formula is C20H32N4O2S2. The average molecular weight is 425 g/mol. The van der Waals surface area contributed by atoms with E-state index in [1.165, 1.54) is 43.2 Å². The lowest BCUT2D eigenvalue weighted by atomic mass is 9.89. The molecule has 1 aliphatic carbocycles. The Labute approximate surface area is 172 Å². The van der Waals surface area contributed by atoms with Crippen molar-refractivity contribution in [2.75, 3.05) is 13.3 Å². The van der Waals surface area contributed by atoms with Gasteiger partial charge in [-0.2, -0.15) is 0 Å². The van der Waals surface area contributed by atoms with Crippen LogP contribution >= 0.6 is 11.3 Å². The highest BCUT2D eigenvalue weighted by molar-refractivity contribution is 7.90. The number of hydrogen-bond acceptors (Lipinski definition) is 6. The Bertz CT molecular complexity index is 911. The Kier molecular flexibility index (Phi) is 6.61. The number of sulfone groups is 1. The van der Waals surface area contributed by atoms with Crippen molar-refractivity contribution in [3.8, 4) is 0 Å². The van der Waals surface area contributed by atoms with Crippen molar-refractivity contribution in [2.24, 2.45) is 5.92 Å². The summed E-state index contributed by atoms with van der Waals surface area (Å²) in [7, 11) is -1.29. The molecule has 8 heteroatoms. The molecule has 0 saturated heterocycles. The molecule has 0 bridgehead atoms. The van der Waals surface area contributed by atoms with E-state index in [1.54, 1.807) is 17.5 Å². The van der Waals surface area contributed by atoms with E-state index in [0.29, 0.717) is 12.5 Å². The van der Waals surface area contributed by atoms with Gasteiger partial charge in [0.15, 0.2) is 0 Å². The van der Waals surface area contributed by atoms with Crippen LogP contribution in [0.2, 0.25) is 0 Å². The standard InChI is InChI=1S/C20H32N4O2S2/c1-14(19-15(2)27-16(3)22-19)23(4)13-18-11-21-20(28(5,25)26)24(18)12-17-9-7-6-8-10-17/h11,14,17H,6-10,12-13H2,1-5H3. The van der Waals surface area contributed by atoms with E-state index < -0.39 is 9.84 Å². The van der Waals surface area contributed by atoms with Crippen molar-refractivity contribution in [2.45, 2.75) is 77.2 Å². The van der Waals surface area contributed by atoms with Crippen LogP contribution in [0.3, 0.4) is 0 Å². The van der Waals surface area contributed by atoms with Crippen molar-refractivity contribution in [3.05, 3.63) is 27.5 Å². The van der Waals surface area contributed by atoms with Gasteiger partial charge in [0.2, 0.25) is 15.0 Å². The highest BCUT2D eigenvalue weighted by atomic mass is 32.2. The third kappa shape index (κ3) is 4.83. The first-order chi connectivity index (χ1) is 13.2. The van der Waals surface area contributed by atoms with Crippen LogP contribution in [0.15, 0.2) is 11.4 Å². The Morgan fingerprint density at radius 2 is 1.96 bits per heavy atom. The summed E-state index contributed by atoms with van der Waals surface area (Å²) in [6.45, 7) is 7.69. The molecule has 6 nitrogen and oxygen atoms in total. The van der Waals surface area contributed by atoms with Gasteiger partial charge in [0, 0.05) is 24.2 Å². The largest absolute Gasteiger partial charge is 0.317 e. The molecular weight excluding hydrogens is 392 g/mol. The van der Waals surface area contributed by atoms with Crippen molar-refractivity contribution >= 4 is 21.2 Å². The molecule has 2 heterocycles. The molecule has 2 aromatic rings. The second kappa shape index (κ2) is 8.63. The molecule has 156 valence electrons. The van der Waals surface area contributed by atoms with Crippen LogP contribution in [0, 0.1) is 19.8 Å². The zero-order valence-electron chi connectivity index (χ0n) is 17.6. The van der Waals surface area contributed by atoms with Crippen molar-refractivity contribution < 1.29 is 8.42 Å². The summed E-state index contributed by atoms with van der Waals surface area (Å²) in [5.74, 6) is 0.536. The number of rotatable bonds is 7. The van der Waals surface area contributed by atoms with Crippen molar-refractivity contribution in [1.82, 2.24) is 19.4 Å². The fraction of sp³-hybridized carbons (Fsp3) is 0.700. The smallest absolute Gasteiger partial charge is 0.227 e. The minimum Gasteiger partial charge on any atom is -0.317 e. The lowest BCUT2D eigenvalue weighted by Gasteiger charge is -2.27. The number of aromatic nitrogens is 3. The van der Waals surface area contributed by atoms with E-state index in [-0.39, 0.29) is 11.2 Å². The van der Waals surface area contributed by atoms with Gasteiger partial charge >= 0.3 is 0 Å². The van der Waals surface area contributed by atoms with Crippen LogP contribution < -0.4 is 0 Å². The quantitative estimate of drug-likeness (QED) is 0.668. The van der Waals surface area contributed by atoms with Crippen LogP contribution in [0.1, 0.15) is 66.3 Å². The highest BCUT2D eigenvalue weighted by Gasteiger charge is 2.25. The van der Waals surface area contributed by atoms with Gasteiger partial charge in [0.25, 0.3) is 0 Å². The van der Waals surface area contributed by atoms with E-state index in [4.69, 9.17) is 4.98 Å². The highest BCUT2D eigenvalue weighted by Crippen LogP contribution is 2.29. The van der Waals surface area contributed by atoms with Gasteiger partial charge in [-0.05, 0) is 46.6 Å². The van der Waals surface area contributed by atoms with Crippen LogP contribution in [0.5, 0.6) is 0 Å². The number of thiazole rings is 1. The third-order valence-corrected chi connectivity index (χ3v) is 7.70. The monoisotopic (exact) mass is 424 g/mol. The molecule has 0 spiro atoms. The summed E-state index contributed by atoms with van der Waals surface area (Å²) in [5, 5.41) is 1.28. The molecule has 1 atom stereocenters. The van der Waals surface area contributed by atoms with Gasteiger partial charge in [-0.1, -0.05) is 19.3 Å². The van der Waals surface area contributed by atoms with E-state index in [1.807, 2.05) is 11.5 Å². The topological polar surface area (TPSA) is 68.1 Å². The molecule has 0 aliphatic heterocycles. The normalized spacial score (nSPS) is 17.4. The summed E-state index contributed by atoms with van der Waals surface area (Å²) in [6.07, 6.45) is 9.10. The molecule has 0 radical (unpaired) electrons. The summed E-state index contributed by atoms with van der Waals surface area (Å²) >= 11 is 1.72. The zero-order valence-corrected chi connectivity index (χ0v) is 19.2. The van der Waals surface area contributed by atoms with E-state index in [0.717, 1.165) is 22.9 Å². The number of aryl methyl sites for hydroxylation is 2. The molecule has 1 aliphatic rings. The van der Waals surface area contributed by atoms with E-state index >= 15 is 0 Å². The Hall–Kier alpha value is -1.25. The van der Waals surface area contributed by atoms with Crippen molar-refractivity contribution in [1.29, 1.82) is 0 Å². The number of nitrogens with zero attached hydrogens (tertiary/aromatic N) is 4. The predicted molar refractivity (Wildman–Crippen MR) is 113 cm³/mol. The summed E-state index contributed by atoms with van der Waals surface area (Å²) in [6, 6.07) is 0.157. The Morgan fingerprint density at radius 1 is 1.29 bits per heavy atom. The maximum Gasteiger partial charge on any atom is 0.227 e. The SMILES string of the molecule is Cc1nc(C(C)N(C)Cc2cnc(S(C)(=O)=O)n2CC2CCCCC2)c(C)s1. The van der Waals surface area contributed by atoms with Crippen LogP contribution in [-0.4, -0.2) is 41.2 Å². The molecule has 0 N–H and O–H groups in total. The third-order valence-electron chi connectivity index (χ3n) is 5.81. The number of imidazole rings is 1. The zero-order chi connectivity index (χ0) is 20.5. The maximum absolute atomic E-state index is 12.3. The molecule has 0 aromatic carbocycles. The van der Waals surface area contributed by atoms with Gasteiger partial charge in [0.1, 0.15) is 0 Å². The first-order valence-corrected chi connectivity index (χ1v) is 12.8. The summed E-state index contributed by atoms with van der Waals surface area (Å²) < 4.78 is 26.5. The second-order valence-electron chi connectivity index (χ2n) is 8.18. The van der Waals surface area contributed by atoms with Gasteiger partial charge in [0.05, 0.1) is 28.6 Å². The summed E-state index contributed by atoms with van der Waals surface area (Å²) in [4.78, 5) is 12.5. The Morgan fingerprint density at radius 3 is 2.54 bits per heavy atom. The first kappa shape index (κ1) is 21.5. The lowest BCUT2D eigenvalue weighted by Crippen LogP contribution is -2.26. The Balaban J connectivity index is 1.84. The van der Waals surface area contributed by atoms with Crippen LogP contribution in [0.4, 0.5) is 0 Å². The summed E-state index contributed by atoms with van der Waals surface area (Å²) in [5.41, 5.74) is 2.07. The predicted octanol–water partition coefficient (Wildman–Crippen LogP) is 4.13. The van der Waals surface area contributed by atoms with Crippen molar-refractivity contribution in [3.63, 3.8) is 0 Å². The van der Waals surface area contributed by atoms with Gasteiger partial charge in [-0.3, -0.25) is 4.90 Å². The first-order valence-electron chi connectivity index (χ1n) is 10.1. The number of hydrogen-bond donors (Lipinski definition) is 0. The van der Waals surface area contributed by atoms with Crippen LogP contribution in [-0.2, 0) is 22.9 Å². The van der Waals surface area contributed by atoms with E-state index in [9.17, 15) is 8.42 Å². The molecule has 28 heavy (non-hydrogen) atoms. The second-order valence-corrected chi connectivity index (χ2v) is 11.5. The average Bonchev–Trinajstić information content (AvgIpc) is 3.17. The van der Waals surface area contributed by atoms with Gasteiger partial charge < -0.3 is 4.57 Å². The fourth-order valence-corrected chi connectivity index (χ4v) is 5.92.